The van der Waals surface area contributed by atoms with E-state index in [2.05, 4.69) is 5.32 Å². The number of phenolic OH excluding ortho intramolecular Hbond substituents is 1. The first kappa shape index (κ1) is 14.8. The third-order valence-electron chi connectivity index (χ3n) is 4.17. The maximum atomic E-state index is 13.7. The number of benzene rings is 1. The molecule has 110 valence electrons. The summed E-state index contributed by atoms with van der Waals surface area (Å²) in [4.78, 5) is 12.2. The van der Waals surface area contributed by atoms with Crippen LogP contribution in [0.15, 0.2) is 18.2 Å². The molecule has 1 saturated carbocycles. The summed E-state index contributed by atoms with van der Waals surface area (Å²) in [6.45, 7) is 2.05. The van der Waals surface area contributed by atoms with Crippen molar-refractivity contribution in [2.75, 3.05) is 0 Å². The first-order valence-electron chi connectivity index (χ1n) is 7.41. The minimum atomic E-state index is -0.680. The molecule has 1 aliphatic carbocycles. The Balaban J connectivity index is 2.04. The first-order chi connectivity index (χ1) is 9.61. The summed E-state index contributed by atoms with van der Waals surface area (Å²) in [6.07, 6.45) is 6.83. The van der Waals surface area contributed by atoms with E-state index in [-0.39, 0.29) is 23.3 Å². The van der Waals surface area contributed by atoms with Crippen LogP contribution in [0.1, 0.15) is 55.8 Å². The van der Waals surface area contributed by atoms with Crippen molar-refractivity contribution in [2.45, 2.75) is 51.5 Å². The van der Waals surface area contributed by atoms with Crippen LogP contribution in [0.3, 0.4) is 0 Å². The molecule has 2 rings (SSSR count). The Morgan fingerprint density at radius 3 is 2.70 bits per heavy atom. The van der Waals surface area contributed by atoms with Gasteiger partial charge in [-0.1, -0.05) is 26.2 Å². The Labute approximate surface area is 119 Å². The second-order valence-electron chi connectivity index (χ2n) is 5.55. The molecule has 1 aromatic carbocycles. The predicted molar refractivity (Wildman–Crippen MR) is 76.2 cm³/mol. The summed E-state index contributed by atoms with van der Waals surface area (Å²) in [5.74, 6) is -0.739. The van der Waals surface area contributed by atoms with Crippen molar-refractivity contribution in [3.8, 4) is 5.75 Å². The highest BCUT2D eigenvalue weighted by Gasteiger charge is 2.24. The molecule has 0 aliphatic heterocycles. The second-order valence-corrected chi connectivity index (χ2v) is 5.55. The van der Waals surface area contributed by atoms with Gasteiger partial charge >= 0.3 is 0 Å². The van der Waals surface area contributed by atoms with Crippen molar-refractivity contribution >= 4 is 5.91 Å². The van der Waals surface area contributed by atoms with Crippen molar-refractivity contribution in [1.82, 2.24) is 5.32 Å². The quantitative estimate of drug-likeness (QED) is 0.884. The second kappa shape index (κ2) is 6.73. The molecule has 1 unspecified atom stereocenters. The van der Waals surface area contributed by atoms with Gasteiger partial charge in [0.05, 0.1) is 5.56 Å². The Morgan fingerprint density at radius 1 is 1.40 bits per heavy atom. The van der Waals surface area contributed by atoms with E-state index in [4.69, 9.17) is 0 Å². The fraction of sp³-hybridized carbons (Fsp3) is 0.562. The van der Waals surface area contributed by atoms with Crippen LogP contribution < -0.4 is 5.32 Å². The molecule has 1 fully saturated rings. The van der Waals surface area contributed by atoms with E-state index < -0.39 is 5.82 Å². The van der Waals surface area contributed by atoms with Gasteiger partial charge in [0.2, 0.25) is 0 Å². The van der Waals surface area contributed by atoms with Crippen molar-refractivity contribution in [3.63, 3.8) is 0 Å². The average molecular weight is 279 g/mol. The first-order valence-corrected chi connectivity index (χ1v) is 7.41. The van der Waals surface area contributed by atoms with Crippen LogP contribution in [-0.4, -0.2) is 17.1 Å². The molecule has 0 radical (unpaired) electrons. The van der Waals surface area contributed by atoms with Crippen molar-refractivity contribution in [2.24, 2.45) is 5.92 Å². The number of hydrogen-bond acceptors (Lipinski definition) is 2. The monoisotopic (exact) mass is 279 g/mol. The molecule has 20 heavy (non-hydrogen) atoms. The molecular formula is C16H22FNO2. The van der Waals surface area contributed by atoms with E-state index in [1.165, 1.54) is 31.4 Å². The van der Waals surface area contributed by atoms with E-state index >= 15 is 0 Å². The van der Waals surface area contributed by atoms with Gasteiger partial charge in [-0.2, -0.15) is 0 Å². The molecule has 1 aromatic rings. The Hall–Kier alpha value is -1.58. The van der Waals surface area contributed by atoms with Crippen molar-refractivity contribution in [1.29, 1.82) is 0 Å². The normalized spacial score (nSPS) is 17.7. The van der Waals surface area contributed by atoms with Gasteiger partial charge in [-0.25, -0.2) is 4.39 Å². The molecule has 2 N–H and O–H groups in total. The summed E-state index contributed by atoms with van der Waals surface area (Å²) in [5.41, 5.74) is -0.00272. The molecule has 1 atom stereocenters. The van der Waals surface area contributed by atoms with Crippen LogP contribution in [0.5, 0.6) is 5.75 Å². The Kier molecular flexibility index (Phi) is 4.99. The lowest BCUT2D eigenvalue weighted by atomic mass is 9.83. The number of halogens is 1. The van der Waals surface area contributed by atoms with E-state index in [0.29, 0.717) is 5.92 Å². The number of aromatic hydroxyl groups is 1. The van der Waals surface area contributed by atoms with Crippen LogP contribution in [0.2, 0.25) is 0 Å². The maximum Gasteiger partial charge on any atom is 0.254 e. The summed E-state index contributed by atoms with van der Waals surface area (Å²) < 4.78 is 13.7. The van der Waals surface area contributed by atoms with E-state index in [0.717, 1.165) is 25.3 Å². The number of carbonyl (C=O) groups excluding carboxylic acids is 1. The molecule has 3 nitrogen and oxygen atoms in total. The third kappa shape index (κ3) is 3.50. The van der Waals surface area contributed by atoms with Crippen LogP contribution in [-0.2, 0) is 0 Å². The van der Waals surface area contributed by atoms with E-state index in [1.807, 2.05) is 6.92 Å². The third-order valence-corrected chi connectivity index (χ3v) is 4.17. The zero-order valence-electron chi connectivity index (χ0n) is 11.9. The molecular weight excluding hydrogens is 257 g/mol. The fourth-order valence-corrected chi connectivity index (χ4v) is 3.02. The van der Waals surface area contributed by atoms with E-state index in [9.17, 15) is 14.3 Å². The lowest BCUT2D eigenvalue weighted by Gasteiger charge is -2.30. The van der Waals surface area contributed by atoms with Crippen molar-refractivity contribution < 1.29 is 14.3 Å². The zero-order chi connectivity index (χ0) is 14.5. The SMILES string of the molecule is CCC(NC(=O)c1ccc(O)cc1F)C1CCCCC1. The number of phenols is 1. The smallest absolute Gasteiger partial charge is 0.254 e. The summed E-state index contributed by atoms with van der Waals surface area (Å²) in [6, 6.07) is 3.74. The molecule has 4 heteroatoms. The number of rotatable bonds is 4. The number of nitrogens with one attached hydrogen (secondary N) is 1. The number of carbonyl (C=O) groups is 1. The summed E-state index contributed by atoms with van der Waals surface area (Å²) >= 11 is 0. The number of amides is 1. The van der Waals surface area contributed by atoms with Crippen molar-refractivity contribution in [3.05, 3.63) is 29.6 Å². The van der Waals surface area contributed by atoms with Crippen LogP contribution >= 0.6 is 0 Å². The number of hydrogen-bond donors (Lipinski definition) is 2. The van der Waals surface area contributed by atoms with Gasteiger partial charge < -0.3 is 10.4 Å². The lowest BCUT2D eigenvalue weighted by Crippen LogP contribution is -2.41. The Morgan fingerprint density at radius 2 is 2.10 bits per heavy atom. The maximum absolute atomic E-state index is 13.7. The molecule has 1 amide bonds. The molecule has 0 aromatic heterocycles. The summed E-state index contributed by atoms with van der Waals surface area (Å²) in [5, 5.41) is 12.1. The Bertz CT molecular complexity index is 470. The van der Waals surface area contributed by atoms with Crippen LogP contribution in [0.25, 0.3) is 0 Å². The molecule has 0 bridgehead atoms. The van der Waals surface area contributed by atoms with Gasteiger partial charge in [-0.15, -0.1) is 0 Å². The molecule has 0 heterocycles. The highest BCUT2D eigenvalue weighted by Crippen LogP contribution is 2.28. The highest BCUT2D eigenvalue weighted by molar-refractivity contribution is 5.94. The fourth-order valence-electron chi connectivity index (χ4n) is 3.02. The molecule has 1 aliphatic rings. The van der Waals surface area contributed by atoms with Crippen LogP contribution in [0, 0.1) is 11.7 Å². The van der Waals surface area contributed by atoms with Gasteiger partial charge in [-0.05, 0) is 37.3 Å². The lowest BCUT2D eigenvalue weighted by molar-refractivity contribution is 0.0907. The summed E-state index contributed by atoms with van der Waals surface area (Å²) in [7, 11) is 0. The predicted octanol–water partition coefficient (Wildman–Crippen LogP) is 3.62. The van der Waals surface area contributed by atoms with Gasteiger partial charge in [0.15, 0.2) is 0 Å². The minimum absolute atomic E-state index is 0.00272. The van der Waals surface area contributed by atoms with Crippen LogP contribution in [0.4, 0.5) is 4.39 Å². The van der Waals surface area contributed by atoms with Gasteiger partial charge in [0, 0.05) is 12.1 Å². The van der Waals surface area contributed by atoms with Gasteiger partial charge in [0.1, 0.15) is 11.6 Å². The molecule has 0 saturated heterocycles. The van der Waals surface area contributed by atoms with Gasteiger partial charge in [-0.3, -0.25) is 4.79 Å². The highest BCUT2D eigenvalue weighted by atomic mass is 19.1. The minimum Gasteiger partial charge on any atom is -0.508 e. The standard InChI is InChI=1S/C16H22FNO2/c1-2-15(11-6-4-3-5-7-11)18-16(20)13-9-8-12(19)10-14(13)17/h8-11,15,19H,2-7H2,1H3,(H,18,20). The van der Waals surface area contributed by atoms with E-state index in [1.54, 1.807) is 0 Å². The largest absolute Gasteiger partial charge is 0.508 e. The molecule has 0 spiro atoms. The topological polar surface area (TPSA) is 49.3 Å². The van der Waals surface area contributed by atoms with Gasteiger partial charge in [0.25, 0.3) is 5.91 Å². The average Bonchev–Trinajstić information content (AvgIpc) is 2.45. The zero-order valence-corrected chi connectivity index (χ0v) is 11.9.